The summed E-state index contributed by atoms with van der Waals surface area (Å²) in [7, 11) is 3.31. The van der Waals surface area contributed by atoms with Gasteiger partial charge in [0.25, 0.3) is 5.91 Å². The van der Waals surface area contributed by atoms with Crippen molar-refractivity contribution in [2.24, 2.45) is 5.41 Å². The summed E-state index contributed by atoms with van der Waals surface area (Å²) >= 11 is 12.4. The molecule has 284 valence electrons. The second kappa shape index (κ2) is 17.0. The molecule has 2 saturated heterocycles. The van der Waals surface area contributed by atoms with E-state index in [2.05, 4.69) is 21.6 Å². The number of likely N-dealkylation sites (N-methyl/N-ethyl adjacent to an activating group) is 1. The maximum Gasteiger partial charge on any atom is 0.338 e. The minimum absolute atomic E-state index is 0. The number of halogens is 5. The predicted molar refractivity (Wildman–Crippen MR) is 201 cm³/mol. The van der Waals surface area contributed by atoms with Crippen molar-refractivity contribution in [1.29, 1.82) is 5.26 Å². The number of amides is 2. The number of esters is 1. The van der Waals surface area contributed by atoms with Gasteiger partial charge in [-0.1, -0.05) is 62.2 Å². The second-order valence-corrected chi connectivity index (χ2v) is 15.2. The van der Waals surface area contributed by atoms with Crippen LogP contribution in [0.25, 0.3) is 0 Å². The van der Waals surface area contributed by atoms with E-state index in [1.54, 1.807) is 4.90 Å². The molecule has 3 aromatic carbocycles. The van der Waals surface area contributed by atoms with Gasteiger partial charge in [0, 0.05) is 48.7 Å². The molecule has 2 fully saturated rings. The topological polar surface area (TPSA) is 124 Å². The number of methoxy groups -OCH3 is 1. The minimum Gasteiger partial charge on any atom is -0.495 e. The Labute approximate surface area is 324 Å². The molecule has 0 radical (unpaired) electrons. The third-order valence-electron chi connectivity index (χ3n) is 9.61. The van der Waals surface area contributed by atoms with Crippen molar-refractivity contribution in [3.63, 3.8) is 0 Å². The number of carbonyl (C=O) groups is 3. The first-order chi connectivity index (χ1) is 24.6. The predicted octanol–water partition coefficient (Wildman–Crippen LogP) is 6.59. The summed E-state index contributed by atoms with van der Waals surface area (Å²) < 4.78 is 42.7. The number of nitriles is 1. The van der Waals surface area contributed by atoms with Gasteiger partial charge in [-0.25, -0.2) is 13.6 Å². The minimum atomic E-state index is -1.81. The Kier molecular flexibility index (Phi) is 13.4. The number of piperazine rings is 1. The molecule has 0 aromatic heterocycles. The highest BCUT2D eigenvalue weighted by Crippen LogP contribution is 2.53. The lowest BCUT2D eigenvalue weighted by atomic mass is 9.62. The first-order valence-corrected chi connectivity index (χ1v) is 17.5. The lowest BCUT2D eigenvalue weighted by Crippen LogP contribution is -2.48. The summed E-state index contributed by atoms with van der Waals surface area (Å²) in [6.45, 7) is 7.92. The molecule has 2 aliphatic heterocycles. The third kappa shape index (κ3) is 8.88. The van der Waals surface area contributed by atoms with E-state index in [1.807, 2.05) is 27.8 Å². The van der Waals surface area contributed by atoms with Gasteiger partial charge in [0.2, 0.25) is 5.91 Å². The average Bonchev–Trinajstić information content (AvgIpc) is 3.41. The number of hydrogen-bond acceptors (Lipinski definition) is 8. The van der Waals surface area contributed by atoms with Crippen LogP contribution < -0.4 is 15.4 Å². The van der Waals surface area contributed by atoms with Crippen molar-refractivity contribution in [3.8, 4) is 11.8 Å². The van der Waals surface area contributed by atoms with Crippen LogP contribution in [0.15, 0.2) is 54.6 Å². The zero-order chi connectivity index (χ0) is 38.0. The summed E-state index contributed by atoms with van der Waals surface area (Å²) in [5, 5.41) is 17.0. The van der Waals surface area contributed by atoms with E-state index in [0.717, 1.165) is 19.2 Å². The molecule has 53 heavy (non-hydrogen) atoms. The van der Waals surface area contributed by atoms with E-state index >= 15 is 8.78 Å². The van der Waals surface area contributed by atoms with Crippen LogP contribution in [0.4, 0.5) is 14.5 Å². The number of rotatable bonds is 9. The van der Waals surface area contributed by atoms with E-state index in [0.29, 0.717) is 19.5 Å². The van der Waals surface area contributed by atoms with Gasteiger partial charge in [-0.2, -0.15) is 5.26 Å². The molecule has 0 spiro atoms. The molecule has 2 amide bonds. The molecule has 0 saturated carbocycles. The largest absolute Gasteiger partial charge is 0.495 e. The van der Waals surface area contributed by atoms with Crippen LogP contribution in [-0.4, -0.2) is 86.6 Å². The zero-order valence-electron chi connectivity index (χ0n) is 30.0. The van der Waals surface area contributed by atoms with Crippen LogP contribution in [0.1, 0.15) is 54.6 Å². The van der Waals surface area contributed by atoms with Gasteiger partial charge >= 0.3 is 5.97 Å². The average molecular weight is 793 g/mol. The quantitative estimate of drug-likeness (QED) is 0.233. The highest BCUT2D eigenvalue weighted by molar-refractivity contribution is 6.31. The van der Waals surface area contributed by atoms with Crippen molar-refractivity contribution >= 4 is 59.1 Å². The molecule has 0 bridgehead atoms. The SMILES string of the molecule is COc1cc(C(=O)OCC(=O)N2CCN(C)CC2)ccc1NC(=O)[C@@H]1N[C@@H](CC(C)(C)C)[C@](C#N)(c2ccc(Cl)cc2F)[C@H]1c1cccc(Cl)c1F.Cl. The van der Waals surface area contributed by atoms with Gasteiger partial charge in [0.05, 0.1) is 35.5 Å². The maximum absolute atomic E-state index is 16.0. The summed E-state index contributed by atoms with van der Waals surface area (Å²) in [6, 6.07) is 12.6. The first kappa shape index (κ1) is 41.8. The molecule has 3 aromatic rings. The number of benzene rings is 3. The molecule has 4 atom stereocenters. The molecule has 2 heterocycles. The lowest BCUT2D eigenvalue weighted by Gasteiger charge is -2.37. The van der Waals surface area contributed by atoms with E-state index in [9.17, 15) is 19.6 Å². The molecule has 10 nitrogen and oxygen atoms in total. The van der Waals surface area contributed by atoms with Crippen molar-refractivity contribution in [3.05, 3.63) is 93.0 Å². The molecule has 15 heteroatoms. The van der Waals surface area contributed by atoms with Crippen molar-refractivity contribution in [1.82, 2.24) is 15.1 Å². The summed E-state index contributed by atoms with van der Waals surface area (Å²) in [5.41, 5.74) is -2.10. The Balaban J connectivity index is 0.00000627. The van der Waals surface area contributed by atoms with Gasteiger partial charge < -0.3 is 29.9 Å². The van der Waals surface area contributed by atoms with Gasteiger partial charge in [-0.3, -0.25) is 9.59 Å². The van der Waals surface area contributed by atoms with E-state index in [-0.39, 0.29) is 56.5 Å². The number of ether oxygens (including phenoxy) is 2. The number of anilines is 1. The van der Waals surface area contributed by atoms with Crippen molar-refractivity contribution in [2.75, 3.05) is 52.3 Å². The fourth-order valence-electron chi connectivity index (χ4n) is 7.05. The van der Waals surface area contributed by atoms with E-state index in [4.69, 9.17) is 32.7 Å². The van der Waals surface area contributed by atoms with Gasteiger partial charge in [0.1, 0.15) is 22.8 Å². The van der Waals surface area contributed by atoms with Gasteiger partial charge in [-0.15, -0.1) is 12.4 Å². The fourth-order valence-corrected chi connectivity index (χ4v) is 7.39. The summed E-state index contributed by atoms with van der Waals surface area (Å²) in [6.07, 6.45) is 0.294. The molecular formula is C38H42Cl3F2N5O5. The number of nitrogens with zero attached hydrogens (tertiary/aromatic N) is 3. The number of nitrogens with one attached hydrogen (secondary N) is 2. The Bertz CT molecular complexity index is 1900. The molecule has 5 rings (SSSR count). The Morgan fingerprint density at radius 2 is 1.75 bits per heavy atom. The van der Waals surface area contributed by atoms with Crippen LogP contribution in [0, 0.1) is 28.4 Å². The normalized spacial score (nSPS) is 21.7. The highest BCUT2D eigenvalue weighted by atomic mass is 35.5. The highest BCUT2D eigenvalue weighted by Gasteiger charge is 2.61. The van der Waals surface area contributed by atoms with Crippen LogP contribution in [-0.2, 0) is 19.7 Å². The van der Waals surface area contributed by atoms with Crippen molar-refractivity contribution in [2.45, 2.75) is 50.6 Å². The molecule has 2 N–H and O–H groups in total. The summed E-state index contributed by atoms with van der Waals surface area (Å²) in [4.78, 5) is 43.6. The molecule has 0 aliphatic carbocycles. The molecule has 2 aliphatic rings. The van der Waals surface area contributed by atoms with Crippen LogP contribution in [0.2, 0.25) is 10.0 Å². The monoisotopic (exact) mass is 791 g/mol. The fraction of sp³-hybridized carbons (Fsp3) is 0.421. The Hall–Kier alpha value is -3.99. The Morgan fingerprint density at radius 1 is 1.06 bits per heavy atom. The lowest BCUT2D eigenvalue weighted by molar-refractivity contribution is -0.136. The standard InChI is InChI=1S/C38H41Cl2F2N5O5.ClH/c1-37(2,3)19-30-38(21-43,25-11-10-23(39)18-27(25)41)32(24-7-6-8-26(40)33(24)42)34(45-30)35(49)44-28-12-9-22(17-29(28)51-5)36(50)52-20-31(48)47-15-13-46(4)14-16-47;/h6-12,17-18,30,32,34,45H,13-16,19-20H2,1-5H3,(H,44,49);1H/t30-,32-,34+,38-;/m0./s1. The van der Waals surface area contributed by atoms with Crippen LogP contribution >= 0.6 is 35.6 Å². The number of carbonyl (C=O) groups excluding carboxylic acids is 3. The first-order valence-electron chi connectivity index (χ1n) is 16.8. The molecule has 0 unspecified atom stereocenters. The smallest absolute Gasteiger partial charge is 0.338 e. The van der Waals surface area contributed by atoms with E-state index < -0.39 is 58.9 Å². The second-order valence-electron chi connectivity index (χ2n) is 14.4. The summed E-state index contributed by atoms with van der Waals surface area (Å²) in [5.74, 6) is -4.55. The van der Waals surface area contributed by atoms with Crippen LogP contribution in [0.3, 0.4) is 0 Å². The zero-order valence-corrected chi connectivity index (χ0v) is 32.3. The van der Waals surface area contributed by atoms with Crippen molar-refractivity contribution < 1.29 is 32.6 Å². The maximum atomic E-state index is 16.0. The number of hydrogen-bond donors (Lipinski definition) is 2. The van der Waals surface area contributed by atoms with Gasteiger partial charge in [0.15, 0.2) is 6.61 Å². The third-order valence-corrected chi connectivity index (χ3v) is 10.1. The van der Waals surface area contributed by atoms with Crippen LogP contribution in [0.5, 0.6) is 5.75 Å². The molecular weight excluding hydrogens is 751 g/mol. The van der Waals surface area contributed by atoms with Gasteiger partial charge in [-0.05, 0) is 60.8 Å². The van der Waals surface area contributed by atoms with E-state index in [1.165, 1.54) is 55.6 Å². The Morgan fingerprint density at radius 3 is 2.38 bits per heavy atom.